The average molecular weight is 563 g/mol. The van der Waals surface area contributed by atoms with E-state index in [1.165, 1.54) is 53.7 Å². The average Bonchev–Trinajstić information content (AvgIpc) is 3.24. The molecular formula is C28H26N4O7S. The summed E-state index contributed by atoms with van der Waals surface area (Å²) < 4.78 is 38.1. The Labute approximate surface area is 231 Å². The summed E-state index contributed by atoms with van der Waals surface area (Å²) in [4.78, 5) is 42.8. The molecule has 206 valence electrons. The summed E-state index contributed by atoms with van der Waals surface area (Å²) in [6.45, 7) is 2.61. The van der Waals surface area contributed by atoms with Crippen LogP contribution >= 0.6 is 0 Å². The van der Waals surface area contributed by atoms with Gasteiger partial charge in [0.05, 0.1) is 23.7 Å². The lowest BCUT2D eigenvalue weighted by Gasteiger charge is -2.25. The number of aromatic nitrogens is 1. The van der Waals surface area contributed by atoms with Gasteiger partial charge < -0.3 is 14.4 Å². The molecule has 1 aliphatic heterocycles. The maximum absolute atomic E-state index is 12.8. The number of esters is 1. The van der Waals surface area contributed by atoms with Crippen LogP contribution in [0.5, 0.6) is 5.75 Å². The molecule has 11 nitrogen and oxygen atoms in total. The topological polar surface area (TPSA) is 156 Å². The second kappa shape index (κ2) is 11.6. The number of amides is 1. The number of carbonyl (C=O) groups is 3. The third-order valence-electron chi connectivity index (χ3n) is 5.93. The molecule has 0 aliphatic carbocycles. The third kappa shape index (κ3) is 6.88. The molecule has 0 atom stereocenters. The van der Waals surface area contributed by atoms with Crippen LogP contribution in [0.2, 0.25) is 0 Å². The van der Waals surface area contributed by atoms with Crippen LogP contribution in [0.4, 0.5) is 0 Å². The van der Waals surface area contributed by atoms with Gasteiger partial charge in [0.1, 0.15) is 17.3 Å². The summed E-state index contributed by atoms with van der Waals surface area (Å²) in [6.07, 6.45) is 2.68. The fraction of sp³-hybridized carbons (Fsp3) is 0.250. The summed E-state index contributed by atoms with van der Waals surface area (Å²) in [5.41, 5.74) is 0.911. The van der Waals surface area contributed by atoms with Crippen LogP contribution in [0.25, 0.3) is 0 Å². The molecule has 0 fully saturated rings. The molecule has 0 bridgehead atoms. The highest BCUT2D eigenvalue weighted by molar-refractivity contribution is 7.89. The largest absolute Gasteiger partial charge is 0.482 e. The van der Waals surface area contributed by atoms with Crippen LogP contribution in [0.1, 0.15) is 45.7 Å². The summed E-state index contributed by atoms with van der Waals surface area (Å²) in [7, 11) is -3.86. The standard InChI is InChI=1S/C28H26N4O7S/c1-28(2,31-40(36,37)23-4-3-11-30-14-23)18-39-26(34)17-38-22-8-6-20(7-9-22)25(33)16-32-15-21-12-19(13-29)5-10-24(21)27(32)35/h3-12,14,31H,15-18H2,1-2H3. The van der Waals surface area contributed by atoms with E-state index < -0.39 is 28.1 Å². The molecule has 1 N–H and O–H groups in total. The Bertz CT molecular complexity index is 1580. The molecule has 2 heterocycles. The SMILES string of the molecule is CC(C)(COC(=O)COc1ccc(C(=O)CN2Cc3cc(C#N)ccc3C2=O)cc1)NS(=O)(=O)c1cccnc1. The Kier molecular flexibility index (Phi) is 8.27. The second-order valence-electron chi connectivity index (χ2n) is 9.72. The second-order valence-corrected chi connectivity index (χ2v) is 11.4. The number of fused-ring (bicyclic) bond motifs is 1. The number of nitrogens with zero attached hydrogens (tertiary/aromatic N) is 3. The number of carbonyl (C=O) groups excluding carboxylic acids is 3. The van der Waals surface area contributed by atoms with Gasteiger partial charge in [-0.2, -0.15) is 5.26 Å². The predicted octanol–water partition coefficient (Wildman–Crippen LogP) is 2.47. The molecule has 40 heavy (non-hydrogen) atoms. The molecule has 3 aromatic rings. The maximum Gasteiger partial charge on any atom is 0.344 e. The predicted molar refractivity (Wildman–Crippen MR) is 142 cm³/mol. The van der Waals surface area contributed by atoms with Gasteiger partial charge in [0.25, 0.3) is 5.91 Å². The van der Waals surface area contributed by atoms with Crippen molar-refractivity contribution in [3.05, 3.63) is 89.2 Å². The fourth-order valence-corrected chi connectivity index (χ4v) is 5.34. The van der Waals surface area contributed by atoms with Crippen molar-refractivity contribution in [3.8, 4) is 11.8 Å². The number of rotatable bonds is 11. The van der Waals surface area contributed by atoms with Crippen molar-refractivity contribution in [2.45, 2.75) is 30.8 Å². The monoisotopic (exact) mass is 562 g/mol. The summed E-state index contributed by atoms with van der Waals surface area (Å²) in [5, 5.41) is 9.05. The number of nitriles is 1. The number of pyridine rings is 1. The van der Waals surface area contributed by atoms with E-state index in [4.69, 9.17) is 14.7 Å². The number of benzene rings is 2. The normalized spacial score (nSPS) is 12.9. The number of hydrogen-bond acceptors (Lipinski definition) is 9. The Morgan fingerprint density at radius 2 is 1.90 bits per heavy atom. The Morgan fingerprint density at radius 1 is 1.15 bits per heavy atom. The maximum atomic E-state index is 12.8. The smallest absolute Gasteiger partial charge is 0.344 e. The van der Waals surface area contributed by atoms with Crippen molar-refractivity contribution in [1.82, 2.24) is 14.6 Å². The molecule has 0 saturated heterocycles. The minimum Gasteiger partial charge on any atom is -0.482 e. The lowest BCUT2D eigenvalue weighted by atomic mass is 10.1. The van der Waals surface area contributed by atoms with E-state index in [9.17, 15) is 22.8 Å². The summed E-state index contributed by atoms with van der Waals surface area (Å²) >= 11 is 0. The van der Waals surface area contributed by atoms with Crippen LogP contribution in [0.3, 0.4) is 0 Å². The van der Waals surface area contributed by atoms with Gasteiger partial charge in [0.15, 0.2) is 12.4 Å². The first kappa shape index (κ1) is 28.4. The fourth-order valence-electron chi connectivity index (χ4n) is 3.98. The van der Waals surface area contributed by atoms with Gasteiger partial charge >= 0.3 is 5.97 Å². The van der Waals surface area contributed by atoms with E-state index in [1.807, 2.05) is 6.07 Å². The van der Waals surface area contributed by atoms with Crippen LogP contribution < -0.4 is 9.46 Å². The first-order chi connectivity index (χ1) is 19.0. The van der Waals surface area contributed by atoms with E-state index >= 15 is 0 Å². The van der Waals surface area contributed by atoms with Gasteiger partial charge in [-0.1, -0.05) is 0 Å². The van der Waals surface area contributed by atoms with Gasteiger partial charge in [-0.3, -0.25) is 14.6 Å². The Hall–Kier alpha value is -4.60. The van der Waals surface area contributed by atoms with E-state index in [2.05, 4.69) is 9.71 Å². The van der Waals surface area contributed by atoms with Crippen LogP contribution in [0, 0.1) is 11.3 Å². The highest BCUT2D eigenvalue weighted by Gasteiger charge is 2.30. The van der Waals surface area contributed by atoms with Gasteiger partial charge in [-0.05, 0) is 74.0 Å². The van der Waals surface area contributed by atoms with Gasteiger partial charge in [0, 0.05) is 30.1 Å². The van der Waals surface area contributed by atoms with E-state index in [0.29, 0.717) is 28.0 Å². The third-order valence-corrected chi connectivity index (χ3v) is 7.61. The molecule has 1 aromatic heterocycles. The quantitative estimate of drug-likeness (QED) is 0.274. The highest BCUT2D eigenvalue weighted by Crippen LogP contribution is 2.24. The lowest BCUT2D eigenvalue weighted by molar-refractivity contribution is -0.147. The molecule has 0 unspecified atom stereocenters. The van der Waals surface area contributed by atoms with Gasteiger partial charge in [-0.25, -0.2) is 17.9 Å². The number of Topliss-reactive ketones (excluding diaryl/α,β-unsaturated/α-hetero) is 1. The Balaban J connectivity index is 1.24. The minimum absolute atomic E-state index is 0.00835. The van der Waals surface area contributed by atoms with Crippen molar-refractivity contribution in [2.24, 2.45) is 0 Å². The molecule has 2 aromatic carbocycles. The molecule has 12 heteroatoms. The molecular weight excluding hydrogens is 536 g/mol. The van der Waals surface area contributed by atoms with Crippen LogP contribution in [0.15, 0.2) is 71.9 Å². The summed E-state index contributed by atoms with van der Waals surface area (Å²) in [5.74, 6) is -0.929. The van der Waals surface area contributed by atoms with Crippen LogP contribution in [-0.2, 0) is 26.1 Å². The zero-order valence-corrected chi connectivity index (χ0v) is 22.6. The van der Waals surface area contributed by atoms with Crippen molar-refractivity contribution < 1.29 is 32.3 Å². The van der Waals surface area contributed by atoms with Gasteiger partial charge in [-0.15, -0.1) is 0 Å². The van der Waals surface area contributed by atoms with Crippen molar-refractivity contribution in [2.75, 3.05) is 19.8 Å². The number of ether oxygens (including phenoxy) is 2. The lowest BCUT2D eigenvalue weighted by Crippen LogP contribution is -2.47. The minimum atomic E-state index is -3.86. The number of sulfonamides is 1. The van der Waals surface area contributed by atoms with E-state index in [1.54, 1.807) is 32.0 Å². The van der Waals surface area contributed by atoms with Crippen molar-refractivity contribution in [3.63, 3.8) is 0 Å². The first-order valence-corrected chi connectivity index (χ1v) is 13.6. The van der Waals surface area contributed by atoms with E-state index in [0.717, 1.165) is 0 Å². The summed E-state index contributed by atoms with van der Waals surface area (Å²) in [6, 6.07) is 15.9. The number of hydrogen-bond donors (Lipinski definition) is 1. The molecule has 1 amide bonds. The van der Waals surface area contributed by atoms with Gasteiger partial charge in [0.2, 0.25) is 10.0 Å². The molecule has 0 radical (unpaired) electrons. The first-order valence-electron chi connectivity index (χ1n) is 12.2. The number of ketones is 1. The van der Waals surface area contributed by atoms with Crippen molar-refractivity contribution in [1.29, 1.82) is 5.26 Å². The molecule has 0 saturated carbocycles. The Morgan fingerprint density at radius 3 is 2.58 bits per heavy atom. The number of nitrogens with one attached hydrogen (secondary N) is 1. The molecule has 1 aliphatic rings. The van der Waals surface area contributed by atoms with Crippen molar-refractivity contribution >= 4 is 27.7 Å². The van der Waals surface area contributed by atoms with Crippen LogP contribution in [-0.4, -0.2) is 61.3 Å². The highest BCUT2D eigenvalue weighted by atomic mass is 32.2. The molecule has 4 rings (SSSR count). The zero-order valence-electron chi connectivity index (χ0n) is 21.8. The zero-order chi connectivity index (χ0) is 28.9. The molecule has 0 spiro atoms. The van der Waals surface area contributed by atoms with E-state index in [-0.39, 0.29) is 36.3 Å².